The summed E-state index contributed by atoms with van der Waals surface area (Å²) in [7, 11) is 3.14. The van der Waals surface area contributed by atoms with E-state index < -0.39 is 29.8 Å². The molecule has 9 heteroatoms. The highest BCUT2D eigenvalue weighted by Crippen LogP contribution is 2.33. The van der Waals surface area contributed by atoms with E-state index in [-0.39, 0.29) is 5.82 Å². The molecule has 0 saturated heterocycles. The van der Waals surface area contributed by atoms with Crippen molar-refractivity contribution in [3.05, 3.63) is 107 Å². The van der Waals surface area contributed by atoms with Crippen LogP contribution in [0.1, 0.15) is 40.9 Å². The summed E-state index contributed by atoms with van der Waals surface area (Å²) in [5.74, 6) is -0.527. The van der Waals surface area contributed by atoms with Gasteiger partial charge in [0, 0.05) is 36.6 Å². The lowest BCUT2D eigenvalue weighted by molar-refractivity contribution is -0.141. The summed E-state index contributed by atoms with van der Waals surface area (Å²) in [4.78, 5) is 3.52. The van der Waals surface area contributed by atoms with Crippen LogP contribution in [-0.4, -0.2) is 19.1 Å². The first kappa shape index (κ1) is 26.2. The zero-order chi connectivity index (χ0) is 25.6. The number of nitrogens with zero attached hydrogens (tertiary/aromatic N) is 1. The van der Waals surface area contributed by atoms with Crippen molar-refractivity contribution >= 4 is 0 Å². The fraction of sp³-hybridized carbons (Fsp3) is 0.269. The number of halogens is 5. The molecule has 0 aliphatic carbocycles. The van der Waals surface area contributed by atoms with Gasteiger partial charge in [-0.05, 0) is 48.2 Å². The Morgan fingerprint density at radius 2 is 1.71 bits per heavy atom. The van der Waals surface area contributed by atoms with Crippen molar-refractivity contribution in [1.82, 2.24) is 15.6 Å². The van der Waals surface area contributed by atoms with Crippen molar-refractivity contribution in [3.8, 4) is 5.75 Å². The summed E-state index contributed by atoms with van der Waals surface area (Å²) in [6.07, 6.45) is -2.51. The van der Waals surface area contributed by atoms with Crippen LogP contribution < -0.4 is 15.4 Å². The first-order valence-electron chi connectivity index (χ1n) is 10.9. The summed E-state index contributed by atoms with van der Waals surface area (Å²) in [5.41, 5.74) is 1.66. The third-order valence-electron chi connectivity index (χ3n) is 5.65. The molecule has 0 aliphatic rings. The van der Waals surface area contributed by atoms with Crippen LogP contribution in [-0.2, 0) is 12.6 Å². The highest BCUT2D eigenvalue weighted by atomic mass is 19.4. The number of rotatable bonds is 10. The maximum atomic E-state index is 13.9. The van der Waals surface area contributed by atoms with Crippen molar-refractivity contribution in [3.63, 3.8) is 0 Å². The number of hydrogen-bond acceptors (Lipinski definition) is 4. The van der Waals surface area contributed by atoms with Crippen LogP contribution in [0.3, 0.4) is 0 Å². The molecule has 2 aromatic carbocycles. The lowest BCUT2D eigenvalue weighted by Gasteiger charge is -2.29. The maximum absolute atomic E-state index is 13.9. The summed E-state index contributed by atoms with van der Waals surface area (Å²) in [6, 6.07) is 11.6. The second-order valence-corrected chi connectivity index (χ2v) is 7.95. The lowest BCUT2D eigenvalue weighted by Crippen LogP contribution is -2.32. The predicted octanol–water partition coefficient (Wildman–Crippen LogP) is 6.13. The van der Waals surface area contributed by atoms with Crippen LogP contribution in [0.2, 0.25) is 0 Å². The fourth-order valence-corrected chi connectivity index (χ4v) is 3.75. The average Bonchev–Trinajstić information content (AvgIpc) is 2.84. The van der Waals surface area contributed by atoms with Gasteiger partial charge in [-0.15, -0.1) is 0 Å². The van der Waals surface area contributed by atoms with Crippen molar-refractivity contribution < 1.29 is 26.7 Å². The van der Waals surface area contributed by atoms with Crippen LogP contribution in [0.5, 0.6) is 5.75 Å². The summed E-state index contributed by atoms with van der Waals surface area (Å²) >= 11 is 0. The van der Waals surface area contributed by atoms with Crippen LogP contribution in [0.25, 0.3) is 0 Å². The van der Waals surface area contributed by atoms with E-state index in [4.69, 9.17) is 4.74 Å². The molecule has 0 aliphatic heterocycles. The van der Waals surface area contributed by atoms with Crippen LogP contribution in [0.15, 0.2) is 73.1 Å². The predicted molar refractivity (Wildman–Crippen MR) is 124 cm³/mol. The number of alkyl halides is 3. The summed E-state index contributed by atoms with van der Waals surface area (Å²) in [5, 5.41) is 6.48. The molecular weight excluding hydrogens is 465 g/mol. The molecule has 4 nitrogen and oxygen atoms in total. The number of aromatic nitrogens is 1. The molecule has 2 N–H and O–H groups in total. The minimum atomic E-state index is -4.51. The zero-order valence-electron chi connectivity index (χ0n) is 19.3. The molecule has 0 spiro atoms. The van der Waals surface area contributed by atoms with E-state index in [1.165, 1.54) is 43.6 Å². The van der Waals surface area contributed by atoms with Crippen LogP contribution in [0.4, 0.5) is 22.0 Å². The number of aryl methyl sites for hydroxylation is 1. The highest BCUT2D eigenvalue weighted by molar-refractivity contribution is 5.38. The Bertz CT molecular complexity index is 1130. The van der Waals surface area contributed by atoms with Crippen LogP contribution in [0, 0.1) is 11.6 Å². The molecule has 1 heterocycles. The van der Waals surface area contributed by atoms with Gasteiger partial charge in [-0.1, -0.05) is 30.8 Å². The SMILES string of the molecule is C=C(NC)[C@H](N[C@@H](CCc1ccc(C(F)(F)F)nc1)c1ccc(F)cc1OC)c1ccc(F)cc1. The van der Waals surface area contributed by atoms with Gasteiger partial charge in [-0.2, -0.15) is 13.2 Å². The molecule has 0 bridgehead atoms. The van der Waals surface area contributed by atoms with Crippen molar-refractivity contribution in [2.75, 3.05) is 14.2 Å². The van der Waals surface area contributed by atoms with Crippen LogP contribution >= 0.6 is 0 Å². The number of likely N-dealkylation sites (N-methyl/N-ethyl adjacent to an activating group) is 1. The molecular formula is C26H26F5N3O. The molecule has 186 valence electrons. The normalized spacial score (nSPS) is 13.2. The lowest BCUT2D eigenvalue weighted by atomic mass is 9.95. The standard InChI is InChI=1S/C26H26F5N3O/c1-16(32-2)25(18-6-8-19(27)9-7-18)34-22(21-11-10-20(28)14-23(21)35-3)12-4-17-5-13-24(33-15-17)26(29,30)31/h5-11,13-15,22,25,32,34H,1,4,12H2,2-3H3/t22-,25-/m0/s1. The molecule has 0 fully saturated rings. The van der Waals surface area contributed by atoms with Crippen molar-refractivity contribution in [2.24, 2.45) is 0 Å². The van der Waals surface area contributed by atoms with Gasteiger partial charge in [0.1, 0.15) is 23.1 Å². The van der Waals surface area contributed by atoms with E-state index in [2.05, 4.69) is 22.2 Å². The van der Waals surface area contributed by atoms with Gasteiger partial charge in [-0.25, -0.2) is 8.78 Å². The Labute approximate surface area is 200 Å². The zero-order valence-corrected chi connectivity index (χ0v) is 19.3. The second-order valence-electron chi connectivity index (χ2n) is 7.95. The molecule has 0 radical (unpaired) electrons. The van der Waals surface area contributed by atoms with E-state index in [9.17, 15) is 22.0 Å². The van der Waals surface area contributed by atoms with Gasteiger partial charge in [0.05, 0.1) is 13.2 Å². The Hall–Kier alpha value is -3.46. The Kier molecular flexibility index (Phi) is 8.45. The van der Waals surface area contributed by atoms with Gasteiger partial charge in [-0.3, -0.25) is 10.3 Å². The monoisotopic (exact) mass is 491 g/mol. The quantitative estimate of drug-likeness (QED) is 0.335. The number of methoxy groups -OCH3 is 1. The topological polar surface area (TPSA) is 46.2 Å². The smallest absolute Gasteiger partial charge is 0.433 e. The van der Waals surface area contributed by atoms with E-state index in [1.807, 2.05) is 0 Å². The van der Waals surface area contributed by atoms with Gasteiger partial charge < -0.3 is 10.1 Å². The second kappa shape index (κ2) is 11.3. The fourth-order valence-electron chi connectivity index (χ4n) is 3.75. The third kappa shape index (κ3) is 6.79. The minimum Gasteiger partial charge on any atom is -0.496 e. The van der Waals surface area contributed by atoms with E-state index in [0.29, 0.717) is 35.4 Å². The molecule has 1 aromatic heterocycles. The van der Waals surface area contributed by atoms with E-state index >= 15 is 0 Å². The van der Waals surface area contributed by atoms with Gasteiger partial charge in [0.2, 0.25) is 0 Å². The Morgan fingerprint density at radius 3 is 2.29 bits per heavy atom. The molecule has 3 aromatic rings. The van der Waals surface area contributed by atoms with E-state index in [0.717, 1.165) is 11.6 Å². The van der Waals surface area contributed by atoms with E-state index in [1.54, 1.807) is 25.2 Å². The number of nitrogens with one attached hydrogen (secondary N) is 2. The first-order valence-corrected chi connectivity index (χ1v) is 10.9. The molecule has 0 unspecified atom stereocenters. The average molecular weight is 492 g/mol. The number of ether oxygens (including phenoxy) is 1. The number of pyridine rings is 1. The molecule has 0 amide bonds. The summed E-state index contributed by atoms with van der Waals surface area (Å²) in [6.45, 7) is 4.05. The number of hydrogen-bond donors (Lipinski definition) is 2. The maximum Gasteiger partial charge on any atom is 0.433 e. The molecule has 2 atom stereocenters. The largest absolute Gasteiger partial charge is 0.496 e. The Balaban J connectivity index is 1.93. The number of benzene rings is 2. The van der Waals surface area contributed by atoms with Gasteiger partial charge >= 0.3 is 6.18 Å². The highest BCUT2D eigenvalue weighted by Gasteiger charge is 2.32. The first-order chi connectivity index (χ1) is 16.6. The van der Waals surface area contributed by atoms with Crippen molar-refractivity contribution in [2.45, 2.75) is 31.1 Å². The molecule has 0 saturated carbocycles. The van der Waals surface area contributed by atoms with Gasteiger partial charge in [0.15, 0.2) is 0 Å². The Morgan fingerprint density at radius 1 is 1.03 bits per heavy atom. The molecule has 3 rings (SSSR count). The molecule has 35 heavy (non-hydrogen) atoms. The minimum absolute atomic E-state index is 0.320. The van der Waals surface area contributed by atoms with Crippen molar-refractivity contribution in [1.29, 1.82) is 0 Å². The summed E-state index contributed by atoms with van der Waals surface area (Å²) < 4.78 is 71.4. The third-order valence-corrected chi connectivity index (χ3v) is 5.65. The van der Waals surface area contributed by atoms with Gasteiger partial charge in [0.25, 0.3) is 0 Å².